The van der Waals surface area contributed by atoms with Crippen LogP contribution in [0.25, 0.3) is 0 Å². The van der Waals surface area contributed by atoms with Gasteiger partial charge in [-0.2, -0.15) is 0 Å². The van der Waals surface area contributed by atoms with Gasteiger partial charge in [-0.3, -0.25) is 0 Å². The van der Waals surface area contributed by atoms with Gasteiger partial charge in [0.15, 0.2) is 0 Å². The maximum Gasteiger partial charge on any atom is 0.129 e. The van der Waals surface area contributed by atoms with E-state index in [4.69, 9.17) is 10.5 Å². The van der Waals surface area contributed by atoms with Crippen molar-refractivity contribution in [1.29, 1.82) is 0 Å². The number of nitrogens with zero attached hydrogens (tertiary/aromatic N) is 1. The molecule has 0 spiro atoms. The third-order valence-corrected chi connectivity index (χ3v) is 1.88. The maximum atomic E-state index is 5.68. The van der Waals surface area contributed by atoms with E-state index in [0.29, 0.717) is 19.0 Å². The van der Waals surface area contributed by atoms with Crippen molar-refractivity contribution in [2.45, 2.75) is 20.1 Å². The molecule has 0 aliphatic carbocycles. The Morgan fingerprint density at radius 1 is 1.55 bits per heavy atom. The first-order chi connectivity index (χ1) is 5.27. The van der Waals surface area contributed by atoms with E-state index >= 15 is 0 Å². The van der Waals surface area contributed by atoms with E-state index in [1.54, 1.807) is 0 Å². The Hall–Kier alpha value is -1.09. The average molecular weight is 150 g/mol. The summed E-state index contributed by atoms with van der Waals surface area (Å²) >= 11 is 0. The topological polar surface area (TPSA) is 48.1 Å². The highest BCUT2D eigenvalue weighted by Gasteiger charge is 2.14. The van der Waals surface area contributed by atoms with Gasteiger partial charge in [0.1, 0.15) is 5.82 Å². The molecule has 2 N–H and O–H groups in total. The number of aromatic nitrogens is 1. The van der Waals surface area contributed by atoms with Gasteiger partial charge in [-0.1, -0.05) is 0 Å². The summed E-state index contributed by atoms with van der Waals surface area (Å²) in [6.45, 7) is 3.24. The molecule has 1 aliphatic rings. The van der Waals surface area contributed by atoms with Gasteiger partial charge in [0.25, 0.3) is 0 Å². The molecular weight excluding hydrogens is 140 g/mol. The smallest absolute Gasteiger partial charge is 0.129 e. The quantitative estimate of drug-likeness (QED) is 0.600. The molecule has 0 unspecified atom stereocenters. The van der Waals surface area contributed by atoms with Gasteiger partial charge in [0, 0.05) is 11.3 Å². The second kappa shape index (κ2) is 2.20. The Labute approximate surface area is 65.2 Å². The molecule has 1 aliphatic heterocycles. The lowest BCUT2D eigenvalue weighted by atomic mass is 10.1. The summed E-state index contributed by atoms with van der Waals surface area (Å²) in [6, 6.07) is 2.03. The zero-order chi connectivity index (χ0) is 7.84. The lowest BCUT2D eigenvalue weighted by Gasteiger charge is -2.01. The number of rotatable bonds is 0. The summed E-state index contributed by atoms with van der Waals surface area (Å²) in [4.78, 5) is 4.14. The van der Waals surface area contributed by atoms with Crippen molar-refractivity contribution in [3.05, 3.63) is 22.9 Å². The molecule has 3 heteroatoms. The van der Waals surface area contributed by atoms with Crippen LogP contribution in [-0.4, -0.2) is 4.98 Å². The van der Waals surface area contributed by atoms with Crippen molar-refractivity contribution in [2.24, 2.45) is 0 Å². The number of hydrogen-bond acceptors (Lipinski definition) is 3. The van der Waals surface area contributed by atoms with Crippen molar-refractivity contribution >= 4 is 5.82 Å². The zero-order valence-electron chi connectivity index (χ0n) is 6.42. The summed E-state index contributed by atoms with van der Waals surface area (Å²) in [7, 11) is 0. The fourth-order valence-electron chi connectivity index (χ4n) is 1.35. The number of hydrogen-bond donors (Lipinski definition) is 1. The molecule has 2 heterocycles. The maximum absolute atomic E-state index is 5.68. The van der Waals surface area contributed by atoms with Crippen LogP contribution in [0.15, 0.2) is 6.07 Å². The molecule has 0 radical (unpaired) electrons. The van der Waals surface area contributed by atoms with E-state index in [1.807, 2.05) is 13.0 Å². The third-order valence-electron chi connectivity index (χ3n) is 1.88. The first kappa shape index (κ1) is 6.61. The molecule has 11 heavy (non-hydrogen) atoms. The molecular formula is C8H10N2O. The standard InChI is InChI=1S/C8H10N2O/c1-5-2-6-3-11-4-7(6)8(9)10-5/h2H,3-4H2,1H3,(H2,9,10). The largest absolute Gasteiger partial charge is 0.383 e. The van der Waals surface area contributed by atoms with E-state index in [-0.39, 0.29) is 0 Å². The second-order valence-corrected chi connectivity index (χ2v) is 2.78. The highest BCUT2D eigenvalue weighted by atomic mass is 16.5. The first-order valence-corrected chi connectivity index (χ1v) is 3.60. The third kappa shape index (κ3) is 0.973. The number of nitrogens with two attached hydrogens (primary N) is 1. The monoisotopic (exact) mass is 150 g/mol. The predicted octanol–water partition coefficient (Wildman–Crippen LogP) is 1.00. The Bertz CT molecular complexity index is 296. The second-order valence-electron chi connectivity index (χ2n) is 2.78. The molecule has 0 bridgehead atoms. The summed E-state index contributed by atoms with van der Waals surface area (Å²) < 4.78 is 5.23. The highest BCUT2D eigenvalue weighted by molar-refractivity contribution is 5.46. The Morgan fingerprint density at radius 2 is 2.36 bits per heavy atom. The van der Waals surface area contributed by atoms with Crippen molar-refractivity contribution in [3.8, 4) is 0 Å². The molecule has 0 amide bonds. The van der Waals surface area contributed by atoms with Crippen LogP contribution in [0, 0.1) is 6.92 Å². The van der Waals surface area contributed by atoms with Crippen LogP contribution in [0.1, 0.15) is 16.8 Å². The number of aryl methyl sites for hydroxylation is 1. The molecule has 0 fully saturated rings. The molecule has 58 valence electrons. The van der Waals surface area contributed by atoms with Crippen LogP contribution in [0.2, 0.25) is 0 Å². The number of anilines is 1. The van der Waals surface area contributed by atoms with Gasteiger partial charge in [0.05, 0.1) is 13.2 Å². The zero-order valence-corrected chi connectivity index (χ0v) is 6.42. The predicted molar refractivity (Wildman–Crippen MR) is 41.9 cm³/mol. The van der Waals surface area contributed by atoms with Crippen LogP contribution in [0.5, 0.6) is 0 Å². The van der Waals surface area contributed by atoms with Crippen molar-refractivity contribution < 1.29 is 4.74 Å². The van der Waals surface area contributed by atoms with Crippen molar-refractivity contribution in [3.63, 3.8) is 0 Å². The van der Waals surface area contributed by atoms with Gasteiger partial charge >= 0.3 is 0 Å². The van der Waals surface area contributed by atoms with Gasteiger partial charge in [-0.05, 0) is 18.6 Å². The van der Waals surface area contributed by atoms with Gasteiger partial charge < -0.3 is 10.5 Å². The molecule has 1 aromatic rings. The minimum atomic E-state index is 0.619. The lowest BCUT2D eigenvalue weighted by molar-refractivity contribution is 0.134. The number of fused-ring (bicyclic) bond motifs is 1. The average Bonchev–Trinajstić information content (AvgIpc) is 2.34. The van der Waals surface area contributed by atoms with E-state index in [2.05, 4.69) is 4.98 Å². The minimum Gasteiger partial charge on any atom is -0.383 e. The minimum absolute atomic E-state index is 0.619. The molecule has 3 nitrogen and oxygen atoms in total. The van der Waals surface area contributed by atoms with E-state index in [0.717, 1.165) is 11.3 Å². The van der Waals surface area contributed by atoms with Crippen LogP contribution in [-0.2, 0) is 18.0 Å². The van der Waals surface area contributed by atoms with Gasteiger partial charge in [0.2, 0.25) is 0 Å². The van der Waals surface area contributed by atoms with E-state index < -0.39 is 0 Å². The molecule has 0 saturated carbocycles. The van der Waals surface area contributed by atoms with E-state index in [1.165, 1.54) is 5.56 Å². The Balaban J connectivity index is 2.60. The Kier molecular flexibility index (Phi) is 1.32. The normalized spacial score (nSPS) is 15.0. The highest BCUT2D eigenvalue weighted by Crippen LogP contribution is 2.24. The molecule has 0 aromatic carbocycles. The van der Waals surface area contributed by atoms with Crippen LogP contribution in [0.3, 0.4) is 0 Å². The SMILES string of the molecule is Cc1cc2c(c(N)n1)COC2. The fraction of sp³-hybridized carbons (Fsp3) is 0.375. The van der Waals surface area contributed by atoms with Crippen LogP contribution < -0.4 is 5.73 Å². The summed E-state index contributed by atoms with van der Waals surface area (Å²) in [5, 5.41) is 0. The molecule has 2 rings (SSSR count). The first-order valence-electron chi connectivity index (χ1n) is 3.60. The number of pyridine rings is 1. The Morgan fingerprint density at radius 3 is 3.18 bits per heavy atom. The molecule has 0 atom stereocenters. The van der Waals surface area contributed by atoms with Gasteiger partial charge in [-0.15, -0.1) is 0 Å². The van der Waals surface area contributed by atoms with Gasteiger partial charge in [-0.25, -0.2) is 4.98 Å². The van der Waals surface area contributed by atoms with Crippen LogP contribution in [0.4, 0.5) is 5.82 Å². The summed E-state index contributed by atoms with van der Waals surface area (Å²) in [6.07, 6.45) is 0. The summed E-state index contributed by atoms with van der Waals surface area (Å²) in [5.74, 6) is 0.623. The molecule has 0 saturated heterocycles. The number of ether oxygens (including phenoxy) is 1. The van der Waals surface area contributed by atoms with Crippen molar-refractivity contribution in [1.82, 2.24) is 4.98 Å². The fourth-order valence-corrected chi connectivity index (χ4v) is 1.35. The van der Waals surface area contributed by atoms with Crippen LogP contribution >= 0.6 is 0 Å². The van der Waals surface area contributed by atoms with E-state index in [9.17, 15) is 0 Å². The van der Waals surface area contributed by atoms with Crippen molar-refractivity contribution in [2.75, 3.05) is 5.73 Å². The number of nitrogen functional groups attached to an aromatic ring is 1. The lowest BCUT2D eigenvalue weighted by Crippen LogP contribution is -1.98. The molecule has 1 aromatic heterocycles. The summed E-state index contributed by atoms with van der Waals surface area (Å²) in [5.41, 5.74) is 8.90.